The van der Waals surface area contributed by atoms with Crippen LogP contribution in [0.25, 0.3) is 11.0 Å². The molecular formula is C32H44FN5O3S. The van der Waals surface area contributed by atoms with Gasteiger partial charge in [-0.3, -0.25) is 14.5 Å². The summed E-state index contributed by atoms with van der Waals surface area (Å²) in [6, 6.07) is 3.93. The van der Waals surface area contributed by atoms with E-state index in [2.05, 4.69) is 24.8 Å². The molecule has 2 N–H and O–H groups in total. The second-order valence-corrected chi connectivity index (χ2v) is 12.5. The number of rotatable bonds is 9. The van der Waals surface area contributed by atoms with E-state index < -0.39 is 5.82 Å². The third kappa shape index (κ3) is 6.60. The Balaban J connectivity index is 0.00000173. The van der Waals surface area contributed by atoms with Crippen LogP contribution in [0.4, 0.5) is 4.39 Å². The number of hydrogen-bond donors (Lipinski definition) is 2. The number of nitrogens with zero attached hydrogens (tertiary/aromatic N) is 3. The molecule has 3 aromatic rings. The number of nitrogens with one attached hydrogen (secondary N) is 2. The van der Waals surface area contributed by atoms with Gasteiger partial charge in [0.15, 0.2) is 0 Å². The molecule has 1 amide bonds. The molecule has 0 bridgehead atoms. The molecule has 0 unspecified atom stereocenters. The molecule has 6 rings (SSSR count). The number of aryl methyl sites for hydroxylation is 1. The van der Waals surface area contributed by atoms with Crippen LogP contribution >= 0.6 is 11.8 Å². The molecule has 1 saturated heterocycles. The van der Waals surface area contributed by atoms with Crippen molar-refractivity contribution < 1.29 is 13.9 Å². The first-order chi connectivity index (χ1) is 20.3. The van der Waals surface area contributed by atoms with Gasteiger partial charge in [-0.05, 0) is 76.7 Å². The number of carbonyl (C=O) groups is 1. The lowest BCUT2D eigenvalue weighted by molar-refractivity contribution is -0.0859. The molecule has 4 heterocycles. The van der Waals surface area contributed by atoms with Gasteiger partial charge in [-0.2, -0.15) is 0 Å². The second-order valence-electron chi connectivity index (χ2n) is 11.7. The number of fused-ring (bicyclic) bond motifs is 1. The number of aromatic nitrogens is 3. The smallest absolute Gasteiger partial charge is 0.254 e. The van der Waals surface area contributed by atoms with E-state index in [-0.39, 0.29) is 18.0 Å². The fourth-order valence-corrected chi connectivity index (χ4v) is 7.11. The molecule has 10 heteroatoms. The van der Waals surface area contributed by atoms with Crippen LogP contribution < -0.4 is 10.9 Å². The second kappa shape index (κ2) is 13.3. The summed E-state index contributed by atoms with van der Waals surface area (Å²) in [6.45, 7) is 10.7. The van der Waals surface area contributed by atoms with Gasteiger partial charge in [0.2, 0.25) is 0 Å². The first kappa shape index (κ1) is 30.8. The number of thioether (sulfide) groups is 1. The summed E-state index contributed by atoms with van der Waals surface area (Å²) in [6.07, 6.45) is 11.1. The molecule has 2 aliphatic carbocycles. The van der Waals surface area contributed by atoms with Crippen molar-refractivity contribution in [3.05, 3.63) is 57.0 Å². The van der Waals surface area contributed by atoms with Gasteiger partial charge in [0.05, 0.1) is 24.0 Å². The van der Waals surface area contributed by atoms with Gasteiger partial charge in [-0.1, -0.05) is 13.8 Å². The van der Waals surface area contributed by atoms with Gasteiger partial charge >= 0.3 is 0 Å². The molecular weight excluding hydrogens is 553 g/mol. The summed E-state index contributed by atoms with van der Waals surface area (Å²) in [5, 5.41) is 3.43. The molecule has 8 nitrogen and oxygen atoms in total. The lowest BCUT2D eigenvalue weighted by Crippen LogP contribution is -2.57. The van der Waals surface area contributed by atoms with Crippen LogP contribution in [0.2, 0.25) is 0 Å². The highest BCUT2D eigenvalue weighted by molar-refractivity contribution is 7.98. The van der Waals surface area contributed by atoms with Gasteiger partial charge in [-0.15, -0.1) is 11.8 Å². The quantitative estimate of drug-likeness (QED) is 0.313. The number of likely N-dealkylation sites (tertiary alicyclic amines) is 1. The van der Waals surface area contributed by atoms with Gasteiger partial charge in [-0.25, -0.2) is 9.37 Å². The van der Waals surface area contributed by atoms with E-state index in [4.69, 9.17) is 4.74 Å². The third-order valence-corrected chi connectivity index (χ3v) is 9.59. The maximum atomic E-state index is 14.3. The Morgan fingerprint density at radius 3 is 2.50 bits per heavy atom. The largest absolute Gasteiger partial charge is 0.372 e. The Kier molecular flexibility index (Phi) is 9.74. The highest BCUT2D eigenvalue weighted by atomic mass is 32.2. The molecule has 0 spiro atoms. The Bertz CT molecular complexity index is 1470. The van der Waals surface area contributed by atoms with Gasteiger partial charge in [0.1, 0.15) is 11.5 Å². The van der Waals surface area contributed by atoms with Crippen molar-refractivity contribution in [3.8, 4) is 0 Å². The zero-order valence-corrected chi connectivity index (χ0v) is 26.3. The number of aromatic amines is 1. The van der Waals surface area contributed by atoms with E-state index in [1.54, 1.807) is 0 Å². The molecule has 1 aliphatic heterocycles. The van der Waals surface area contributed by atoms with Crippen molar-refractivity contribution in [2.45, 2.75) is 102 Å². The van der Waals surface area contributed by atoms with E-state index in [1.165, 1.54) is 36.9 Å². The third-order valence-electron chi connectivity index (χ3n) is 8.79. The number of carbonyl (C=O) groups excluding carboxylic acids is 1. The van der Waals surface area contributed by atoms with Crippen LogP contribution in [-0.4, -0.2) is 62.9 Å². The Morgan fingerprint density at radius 2 is 1.83 bits per heavy atom. The zero-order chi connectivity index (χ0) is 30.0. The van der Waals surface area contributed by atoms with Crippen molar-refractivity contribution in [2.75, 3.05) is 19.3 Å². The van der Waals surface area contributed by atoms with Crippen LogP contribution in [-0.2, 0) is 17.8 Å². The van der Waals surface area contributed by atoms with Crippen LogP contribution in [0.3, 0.4) is 0 Å². The standard InChI is InChI=1S/C30H38FN5O3S.C2H6/c1-17-10-26(40-3)25(29(37)34-17)13-33-30(38)27-18(2)36(28-24(27)11-20(31)12-32-28)14-19-4-6-21(7-5-19)35-15-23(16-35)39-22-8-9-22;1-2/h10-12,19,21-23H,4-9,13-16H2,1-3H3,(H,33,38)(H,34,37);1-2H3. The van der Waals surface area contributed by atoms with Gasteiger partial charge in [0.25, 0.3) is 11.5 Å². The van der Waals surface area contributed by atoms with E-state index in [1.807, 2.05) is 40.0 Å². The number of halogens is 1. The van der Waals surface area contributed by atoms with E-state index in [0.717, 1.165) is 61.6 Å². The Labute approximate surface area is 251 Å². The Morgan fingerprint density at radius 1 is 1.12 bits per heavy atom. The summed E-state index contributed by atoms with van der Waals surface area (Å²) in [4.78, 5) is 36.7. The Hall–Kier alpha value is -2.69. The maximum absolute atomic E-state index is 14.3. The van der Waals surface area contributed by atoms with Crippen molar-refractivity contribution in [3.63, 3.8) is 0 Å². The first-order valence-electron chi connectivity index (χ1n) is 15.4. The van der Waals surface area contributed by atoms with E-state index >= 15 is 0 Å². The average molecular weight is 598 g/mol. The number of hydrogen-bond acceptors (Lipinski definition) is 6. The number of amides is 1. The predicted octanol–water partition coefficient (Wildman–Crippen LogP) is 5.58. The van der Waals surface area contributed by atoms with Gasteiger partial charge in [0, 0.05) is 59.5 Å². The summed E-state index contributed by atoms with van der Waals surface area (Å²) < 4.78 is 22.4. The minimum atomic E-state index is -0.475. The molecule has 0 radical (unpaired) electrons. The minimum absolute atomic E-state index is 0.0898. The number of pyridine rings is 2. The monoisotopic (exact) mass is 597 g/mol. The van der Waals surface area contributed by atoms with Crippen LogP contribution in [0.5, 0.6) is 0 Å². The molecule has 2 saturated carbocycles. The zero-order valence-electron chi connectivity index (χ0n) is 25.5. The maximum Gasteiger partial charge on any atom is 0.254 e. The minimum Gasteiger partial charge on any atom is -0.372 e. The lowest BCUT2D eigenvalue weighted by atomic mass is 9.84. The molecule has 3 aromatic heterocycles. The number of ether oxygens (including phenoxy) is 1. The van der Waals surface area contributed by atoms with Gasteiger partial charge < -0.3 is 19.6 Å². The lowest BCUT2D eigenvalue weighted by Gasteiger charge is -2.46. The molecule has 3 fully saturated rings. The SMILES string of the molecule is CC.CSc1cc(C)[nH]c(=O)c1CNC(=O)c1c(C)n(CC2CCC(N3CC(OC4CC4)C3)CC2)c2ncc(F)cc12. The van der Waals surface area contributed by atoms with Crippen molar-refractivity contribution in [1.29, 1.82) is 0 Å². The molecule has 0 aromatic carbocycles. The molecule has 228 valence electrons. The normalized spacial score (nSPS) is 21.1. The van der Waals surface area contributed by atoms with Crippen LogP contribution in [0.1, 0.15) is 79.7 Å². The summed E-state index contributed by atoms with van der Waals surface area (Å²) >= 11 is 1.47. The van der Waals surface area contributed by atoms with Crippen molar-refractivity contribution >= 4 is 28.7 Å². The van der Waals surface area contributed by atoms with Crippen molar-refractivity contribution in [2.24, 2.45) is 5.92 Å². The first-order valence-corrected chi connectivity index (χ1v) is 16.6. The topological polar surface area (TPSA) is 92.2 Å². The predicted molar refractivity (Wildman–Crippen MR) is 166 cm³/mol. The average Bonchev–Trinajstić information content (AvgIpc) is 3.74. The molecule has 42 heavy (non-hydrogen) atoms. The van der Waals surface area contributed by atoms with E-state index in [9.17, 15) is 14.0 Å². The fraction of sp³-hybridized carbons (Fsp3) is 0.594. The van der Waals surface area contributed by atoms with Crippen LogP contribution in [0, 0.1) is 25.6 Å². The highest BCUT2D eigenvalue weighted by Gasteiger charge is 2.38. The fourth-order valence-electron chi connectivity index (χ4n) is 6.40. The number of H-pyrrole nitrogens is 1. The van der Waals surface area contributed by atoms with E-state index in [0.29, 0.717) is 46.3 Å². The van der Waals surface area contributed by atoms with Crippen LogP contribution in [0.15, 0.2) is 28.0 Å². The molecule has 0 atom stereocenters. The summed E-state index contributed by atoms with van der Waals surface area (Å²) in [5.41, 5.74) is 2.91. The summed E-state index contributed by atoms with van der Waals surface area (Å²) in [7, 11) is 0. The highest BCUT2D eigenvalue weighted by Crippen LogP contribution is 2.35. The molecule has 3 aliphatic rings. The summed E-state index contributed by atoms with van der Waals surface area (Å²) in [5.74, 6) is -0.328. The van der Waals surface area contributed by atoms with Crippen molar-refractivity contribution in [1.82, 2.24) is 24.8 Å².